The van der Waals surface area contributed by atoms with Gasteiger partial charge in [0.25, 0.3) is 0 Å². The second kappa shape index (κ2) is 7.25. The monoisotopic (exact) mass is 339 g/mol. The van der Waals surface area contributed by atoms with Crippen LogP contribution in [0.3, 0.4) is 0 Å². The molecule has 2 aliphatic rings. The van der Waals surface area contributed by atoms with Crippen LogP contribution in [-0.4, -0.2) is 44.6 Å². The average molecular weight is 339 g/mol. The Labute approximate surface area is 148 Å². The Morgan fingerprint density at radius 3 is 2.40 bits per heavy atom. The predicted octanol–water partition coefficient (Wildman–Crippen LogP) is 2.79. The van der Waals surface area contributed by atoms with Crippen LogP contribution in [0.2, 0.25) is 0 Å². The summed E-state index contributed by atoms with van der Waals surface area (Å²) in [5, 5.41) is 11.7. The molecule has 2 unspecified atom stereocenters. The summed E-state index contributed by atoms with van der Waals surface area (Å²) < 4.78 is 0. The van der Waals surface area contributed by atoms with Crippen LogP contribution in [0.1, 0.15) is 43.7 Å². The molecule has 1 aromatic heterocycles. The van der Waals surface area contributed by atoms with Gasteiger partial charge in [0.05, 0.1) is 18.4 Å². The van der Waals surface area contributed by atoms with E-state index in [4.69, 9.17) is 0 Å². The minimum absolute atomic E-state index is 0.104. The van der Waals surface area contributed by atoms with Gasteiger partial charge in [-0.3, -0.25) is 0 Å². The van der Waals surface area contributed by atoms with Gasteiger partial charge in [0.2, 0.25) is 0 Å². The Morgan fingerprint density at radius 2 is 1.72 bits per heavy atom. The zero-order valence-corrected chi connectivity index (χ0v) is 14.4. The molecule has 2 fully saturated rings. The van der Waals surface area contributed by atoms with Crippen LogP contribution in [0.4, 0.5) is 4.79 Å². The number of fused-ring (bicyclic) bond motifs is 2. The van der Waals surface area contributed by atoms with E-state index in [2.05, 4.69) is 44.7 Å². The van der Waals surface area contributed by atoms with Gasteiger partial charge in [-0.1, -0.05) is 30.3 Å². The molecule has 6 heteroatoms. The molecular formula is C19H25N5O. The van der Waals surface area contributed by atoms with Crippen LogP contribution < -0.4 is 5.32 Å². The zero-order chi connectivity index (χ0) is 17.1. The summed E-state index contributed by atoms with van der Waals surface area (Å²) in [5.74, 6) is 0. The topological polar surface area (TPSA) is 63.1 Å². The van der Waals surface area contributed by atoms with Crippen molar-refractivity contribution in [3.8, 4) is 0 Å². The van der Waals surface area contributed by atoms with Crippen molar-refractivity contribution in [1.82, 2.24) is 25.2 Å². The fourth-order valence-corrected chi connectivity index (χ4v) is 4.31. The van der Waals surface area contributed by atoms with Crippen molar-refractivity contribution < 1.29 is 4.79 Å². The number of rotatable bonds is 5. The number of piperidine rings is 1. The van der Waals surface area contributed by atoms with Crippen LogP contribution in [0.15, 0.2) is 42.7 Å². The van der Waals surface area contributed by atoms with E-state index in [-0.39, 0.29) is 6.03 Å². The molecule has 2 aliphatic heterocycles. The van der Waals surface area contributed by atoms with Crippen LogP contribution in [0, 0.1) is 0 Å². The normalized spacial score (nSPS) is 25.1. The molecule has 1 N–H and O–H groups in total. The Hall–Kier alpha value is -2.37. The van der Waals surface area contributed by atoms with Crippen molar-refractivity contribution in [2.75, 3.05) is 6.54 Å². The number of carbonyl (C=O) groups excluding carboxylic acids is 1. The molecule has 2 atom stereocenters. The molecule has 2 amide bonds. The maximum atomic E-state index is 12.6. The predicted molar refractivity (Wildman–Crippen MR) is 95.1 cm³/mol. The van der Waals surface area contributed by atoms with Crippen molar-refractivity contribution in [1.29, 1.82) is 0 Å². The number of carbonyl (C=O) groups is 1. The molecule has 25 heavy (non-hydrogen) atoms. The third-order valence-electron chi connectivity index (χ3n) is 5.47. The summed E-state index contributed by atoms with van der Waals surface area (Å²) in [6, 6.07) is 11.5. The molecule has 0 spiro atoms. The second-order valence-corrected chi connectivity index (χ2v) is 7.09. The van der Waals surface area contributed by atoms with E-state index in [1.807, 2.05) is 10.9 Å². The number of amides is 2. The van der Waals surface area contributed by atoms with Crippen LogP contribution in [0.5, 0.6) is 0 Å². The van der Waals surface area contributed by atoms with Crippen LogP contribution in [0.25, 0.3) is 0 Å². The Balaban J connectivity index is 1.27. The van der Waals surface area contributed by atoms with E-state index >= 15 is 0 Å². The molecule has 0 radical (unpaired) electrons. The average Bonchev–Trinajstić information content (AvgIpc) is 3.26. The molecule has 2 bridgehead atoms. The van der Waals surface area contributed by atoms with Crippen molar-refractivity contribution in [3.63, 3.8) is 0 Å². The van der Waals surface area contributed by atoms with Gasteiger partial charge in [-0.2, -0.15) is 15.0 Å². The molecule has 0 saturated carbocycles. The van der Waals surface area contributed by atoms with Crippen molar-refractivity contribution in [3.05, 3.63) is 48.3 Å². The van der Waals surface area contributed by atoms with Crippen molar-refractivity contribution >= 4 is 6.03 Å². The Morgan fingerprint density at radius 1 is 1.04 bits per heavy atom. The lowest BCUT2D eigenvalue weighted by atomic mass is 9.98. The maximum absolute atomic E-state index is 12.6. The first-order valence-corrected chi connectivity index (χ1v) is 9.27. The smallest absolute Gasteiger partial charge is 0.317 e. The van der Waals surface area contributed by atoms with E-state index in [9.17, 15) is 4.79 Å². The lowest BCUT2D eigenvalue weighted by molar-refractivity contribution is 0.115. The number of benzene rings is 1. The standard InChI is InChI=1S/C19H25N5O/c25-19(20-10-4-7-15-5-2-1-3-6-15)23-16-8-9-17(23)14-18(13-16)24-21-11-12-22-24/h1-3,5-6,11-12,16-18H,4,7-10,13-14H2,(H,20,25). The summed E-state index contributed by atoms with van der Waals surface area (Å²) in [7, 11) is 0. The fourth-order valence-electron chi connectivity index (χ4n) is 4.31. The molecule has 4 rings (SSSR count). The highest BCUT2D eigenvalue weighted by Crippen LogP contribution is 2.40. The summed E-state index contributed by atoms with van der Waals surface area (Å²) in [6.07, 6.45) is 9.55. The van der Waals surface area contributed by atoms with Gasteiger partial charge < -0.3 is 10.2 Å². The van der Waals surface area contributed by atoms with E-state index in [1.54, 1.807) is 12.4 Å². The van der Waals surface area contributed by atoms with Gasteiger partial charge >= 0.3 is 6.03 Å². The molecule has 0 aliphatic carbocycles. The minimum atomic E-state index is 0.104. The molecule has 2 aromatic rings. The van der Waals surface area contributed by atoms with E-state index in [1.165, 1.54) is 5.56 Å². The summed E-state index contributed by atoms with van der Waals surface area (Å²) in [6.45, 7) is 0.730. The molecular weight excluding hydrogens is 314 g/mol. The number of urea groups is 1. The molecule has 1 aromatic carbocycles. The summed E-state index contributed by atoms with van der Waals surface area (Å²) >= 11 is 0. The largest absolute Gasteiger partial charge is 0.338 e. The molecule has 3 heterocycles. The molecule has 132 valence electrons. The van der Waals surface area contributed by atoms with E-state index in [0.29, 0.717) is 18.1 Å². The third kappa shape index (κ3) is 3.52. The van der Waals surface area contributed by atoms with Crippen LogP contribution in [-0.2, 0) is 6.42 Å². The fraction of sp³-hybridized carbons (Fsp3) is 0.526. The highest BCUT2D eigenvalue weighted by atomic mass is 16.2. The second-order valence-electron chi connectivity index (χ2n) is 7.09. The summed E-state index contributed by atoms with van der Waals surface area (Å²) in [4.78, 5) is 16.5. The number of hydrogen-bond acceptors (Lipinski definition) is 3. The lowest BCUT2D eigenvalue weighted by Crippen LogP contribution is -2.51. The van der Waals surface area contributed by atoms with Gasteiger partial charge in [-0.25, -0.2) is 4.79 Å². The number of nitrogens with zero attached hydrogens (tertiary/aromatic N) is 4. The first kappa shape index (κ1) is 16.1. The van der Waals surface area contributed by atoms with Gasteiger partial charge in [0, 0.05) is 18.6 Å². The third-order valence-corrected chi connectivity index (χ3v) is 5.47. The highest BCUT2D eigenvalue weighted by molar-refractivity contribution is 5.75. The molecule has 2 saturated heterocycles. The van der Waals surface area contributed by atoms with Crippen LogP contribution >= 0.6 is 0 Å². The Kier molecular flexibility index (Phi) is 4.68. The summed E-state index contributed by atoms with van der Waals surface area (Å²) in [5.41, 5.74) is 1.32. The maximum Gasteiger partial charge on any atom is 0.317 e. The quantitative estimate of drug-likeness (QED) is 0.852. The van der Waals surface area contributed by atoms with E-state index in [0.717, 1.165) is 45.1 Å². The number of aryl methyl sites for hydroxylation is 1. The van der Waals surface area contributed by atoms with Gasteiger partial charge in [-0.15, -0.1) is 0 Å². The zero-order valence-electron chi connectivity index (χ0n) is 14.4. The van der Waals surface area contributed by atoms with Crippen molar-refractivity contribution in [2.24, 2.45) is 0 Å². The van der Waals surface area contributed by atoms with Gasteiger partial charge in [-0.05, 0) is 44.1 Å². The van der Waals surface area contributed by atoms with Gasteiger partial charge in [0.1, 0.15) is 0 Å². The number of hydrogen-bond donors (Lipinski definition) is 1. The molecule has 6 nitrogen and oxygen atoms in total. The van der Waals surface area contributed by atoms with Gasteiger partial charge in [0.15, 0.2) is 0 Å². The Bertz CT molecular complexity index is 673. The first-order valence-electron chi connectivity index (χ1n) is 9.27. The minimum Gasteiger partial charge on any atom is -0.338 e. The first-order chi connectivity index (χ1) is 12.3. The number of nitrogens with one attached hydrogen (secondary N) is 1. The SMILES string of the molecule is O=C(NCCCc1ccccc1)N1C2CCC1CC(n1nccn1)C2. The number of aromatic nitrogens is 3. The van der Waals surface area contributed by atoms with E-state index < -0.39 is 0 Å². The highest BCUT2D eigenvalue weighted by Gasteiger charge is 2.44. The van der Waals surface area contributed by atoms with Crippen molar-refractivity contribution in [2.45, 2.75) is 56.7 Å². The lowest BCUT2D eigenvalue weighted by Gasteiger charge is -2.38.